The summed E-state index contributed by atoms with van der Waals surface area (Å²) in [6.45, 7) is 0.369. The molecule has 0 saturated carbocycles. The Hall–Kier alpha value is -2.75. The molecule has 3 rings (SSSR count). The molecule has 1 aromatic heterocycles. The summed E-state index contributed by atoms with van der Waals surface area (Å²) >= 11 is 0. The second-order valence-electron chi connectivity index (χ2n) is 5.76. The average molecular weight is 357 g/mol. The smallest absolute Gasteiger partial charge is 0.449 e. The van der Waals surface area contributed by atoms with E-state index in [-0.39, 0.29) is 53.6 Å². The Morgan fingerprint density at radius 3 is 2.44 bits per heavy atom. The molecule has 1 aliphatic heterocycles. The molecule has 0 saturated heterocycles. The molecule has 0 atom stereocenters. The predicted octanol–water partition coefficient (Wildman–Crippen LogP) is 1.46. The van der Waals surface area contributed by atoms with Crippen molar-refractivity contribution in [1.29, 1.82) is 0 Å². The lowest BCUT2D eigenvalue weighted by atomic mass is 10.0. The molecule has 2 aromatic rings. The highest BCUT2D eigenvalue weighted by atomic mass is 19.4. The fraction of sp³-hybridized carbons (Fsp3) is 0.333. The van der Waals surface area contributed by atoms with E-state index in [1.165, 1.54) is 0 Å². The van der Waals surface area contributed by atoms with Gasteiger partial charge < -0.3 is 20.3 Å². The molecule has 0 aliphatic carbocycles. The Balaban J connectivity index is 1.86. The van der Waals surface area contributed by atoms with E-state index in [1.807, 2.05) is 0 Å². The molecule has 7 nitrogen and oxygen atoms in total. The van der Waals surface area contributed by atoms with Gasteiger partial charge >= 0.3 is 6.18 Å². The molecule has 1 aliphatic rings. The first-order valence-corrected chi connectivity index (χ1v) is 7.30. The lowest BCUT2D eigenvalue weighted by Gasteiger charge is -2.28. The Labute approximate surface area is 139 Å². The number of aromatic nitrogens is 2. The molecule has 0 fully saturated rings. The van der Waals surface area contributed by atoms with Crippen molar-refractivity contribution in [1.82, 2.24) is 14.9 Å². The fourth-order valence-electron chi connectivity index (χ4n) is 2.76. The number of H-pyrrole nitrogens is 1. The summed E-state index contributed by atoms with van der Waals surface area (Å²) in [5.74, 6) is -2.26. The number of nitrogens with zero attached hydrogens (tertiary/aromatic N) is 2. The van der Waals surface area contributed by atoms with Crippen molar-refractivity contribution < 1.29 is 28.5 Å². The van der Waals surface area contributed by atoms with Crippen molar-refractivity contribution in [2.45, 2.75) is 25.7 Å². The first-order chi connectivity index (χ1) is 11.6. The van der Waals surface area contributed by atoms with Gasteiger partial charge in [-0.1, -0.05) is 0 Å². The molecule has 0 bridgehead atoms. The average Bonchev–Trinajstić information content (AvgIpc) is 2.50. The summed E-state index contributed by atoms with van der Waals surface area (Å²) in [6, 6.07) is 2.13. The van der Waals surface area contributed by atoms with Gasteiger partial charge in [0.1, 0.15) is 17.2 Å². The summed E-state index contributed by atoms with van der Waals surface area (Å²) < 4.78 is 38.1. The molecular formula is C15H14F3N3O4. The minimum atomic E-state index is -4.73. The highest BCUT2D eigenvalue weighted by Gasteiger charge is 2.36. The quantitative estimate of drug-likeness (QED) is 0.648. The predicted molar refractivity (Wildman–Crippen MR) is 79.1 cm³/mol. The van der Waals surface area contributed by atoms with E-state index < -0.39 is 17.6 Å². The molecule has 25 heavy (non-hydrogen) atoms. The van der Waals surface area contributed by atoms with Crippen molar-refractivity contribution in [3.8, 4) is 17.2 Å². The third-order valence-corrected chi connectivity index (χ3v) is 3.99. The summed E-state index contributed by atoms with van der Waals surface area (Å²) in [6.07, 6.45) is -4.60. The maximum atomic E-state index is 12.7. The Morgan fingerprint density at radius 2 is 1.84 bits per heavy atom. The first kappa shape index (κ1) is 17.1. The highest BCUT2D eigenvalue weighted by molar-refractivity contribution is 5.48. The van der Waals surface area contributed by atoms with E-state index >= 15 is 0 Å². The fourth-order valence-corrected chi connectivity index (χ4v) is 2.76. The van der Waals surface area contributed by atoms with Crippen LogP contribution < -0.4 is 5.56 Å². The summed E-state index contributed by atoms with van der Waals surface area (Å²) in [5.41, 5.74) is -0.498. The first-order valence-electron chi connectivity index (χ1n) is 7.30. The molecule has 1 aromatic carbocycles. The zero-order valence-electron chi connectivity index (χ0n) is 12.8. The van der Waals surface area contributed by atoms with Gasteiger partial charge in [-0.2, -0.15) is 13.2 Å². The number of hydrogen-bond donors (Lipinski definition) is 4. The van der Waals surface area contributed by atoms with Crippen LogP contribution >= 0.6 is 0 Å². The summed E-state index contributed by atoms with van der Waals surface area (Å²) in [4.78, 5) is 18.9. The number of phenolic OH excluding ortho intramolecular Hbond substituents is 3. The van der Waals surface area contributed by atoms with Crippen molar-refractivity contribution in [3.63, 3.8) is 0 Å². The Morgan fingerprint density at radius 1 is 1.20 bits per heavy atom. The van der Waals surface area contributed by atoms with E-state index in [2.05, 4.69) is 4.98 Å². The van der Waals surface area contributed by atoms with Gasteiger partial charge in [-0.15, -0.1) is 0 Å². The van der Waals surface area contributed by atoms with Gasteiger partial charge in [0, 0.05) is 43.8 Å². The summed E-state index contributed by atoms with van der Waals surface area (Å²) in [7, 11) is 0. The molecular weight excluding hydrogens is 343 g/mol. The van der Waals surface area contributed by atoms with Gasteiger partial charge in [0.05, 0.1) is 11.3 Å². The number of nitrogens with one attached hydrogen (secondary N) is 1. The van der Waals surface area contributed by atoms with Crippen LogP contribution in [-0.2, 0) is 25.7 Å². The van der Waals surface area contributed by atoms with Gasteiger partial charge in [-0.05, 0) is 0 Å². The zero-order valence-corrected chi connectivity index (χ0v) is 12.8. The minimum Gasteiger partial charge on any atom is -0.508 e. The monoisotopic (exact) mass is 357 g/mol. The second-order valence-corrected chi connectivity index (χ2v) is 5.76. The molecule has 10 heteroatoms. The Kier molecular flexibility index (Phi) is 4.07. The SMILES string of the molecule is O=c1[nH]c(C(F)(F)F)nc2c1CN(Cc1c(O)cc(O)cc1O)CC2. The minimum absolute atomic E-state index is 0.0234. The number of phenols is 3. The lowest BCUT2D eigenvalue weighted by molar-refractivity contribution is -0.145. The number of alkyl halides is 3. The largest absolute Gasteiger partial charge is 0.508 e. The number of aromatic amines is 1. The van der Waals surface area contributed by atoms with E-state index in [0.29, 0.717) is 6.54 Å². The molecule has 0 radical (unpaired) electrons. The van der Waals surface area contributed by atoms with Crippen molar-refractivity contribution >= 4 is 0 Å². The number of hydrogen-bond acceptors (Lipinski definition) is 6. The number of halogens is 3. The van der Waals surface area contributed by atoms with Crippen molar-refractivity contribution in [3.05, 3.63) is 45.1 Å². The molecule has 0 spiro atoms. The van der Waals surface area contributed by atoms with Gasteiger partial charge in [0.2, 0.25) is 5.82 Å². The van der Waals surface area contributed by atoms with Crippen LogP contribution in [0, 0.1) is 0 Å². The lowest BCUT2D eigenvalue weighted by Crippen LogP contribution is -2.36. The van der Waals surface area contributed by atoms with Gasteiger partial charge in [0.15, 0.2) is 0 Å². The number of benzene rings is 1. The second kappa shape index (κ2) is 5.96. The van der Waals surface area contributed by atoms with Crippen LogP contribution in [0.2, 0.25) is 0 Å². The van der Waals surface area contributed by atoms with Crippen LogP contribution in [0.25, 0.3) is 0 Å². The van der Waals surface area contributed by atoms with E-state index in [0.717, 1.165) is 12.1 Å². The molecule has 4 N–H and O–H groups in total. The van der Waals surface area contributed by atoms with Crippen LogP contribution in [0.5, 0.6) is 17.2 Å². The van der Waals surface area contributed by atoms with E-state index in [1.54, 1.807) is 9.88 Å². The Bertz CT molecular complexity index is 856. The van der Waals surface area contributed by atoms with E-state index in [9.17, 15) is 33.3 Å². The maximum absolute atomic E-state index is 12.7. The number of rotatable bonds is 2. The third kappa shape index (κ3) is 3.38. The van der Waals surface area contributed by atoms with E-state index in [4.69, 9.17) is 0 Å². The van der Waals surface area contributed by atoms with Crippen LogP contribution in [0.3, 0.4) is 0 Å². The number of aromatic hydroxyl groups is 3. The van der Waals surface area contributed by atoms with Gasteiger partial charge in [-0.3, -0.25) is 9.69 Å². The van der Waals surface area contributed by atoms with Crippen molar-refractivity contribution in [2.24, 2.45) is 0 Å². The van der Waals surface area contributed by atoms with Gasteiger partial charge in [0.25, 0.3) is 5.56 Å². The topological polar surface area (TPSA) is 110 Å². The maximum Gasteiger partial charge on any atom is 0.449 e. The van der Waals surface area contributed by atoms with Crippen LogP contribution in [0.15, 0.2) is 16.9 Å². The van der Waals surface area contributed by atoms with Gasteiger partial charge in [-0.25, -0.2) is 4.98 Å². The normalized spacial score (nSPS) is 15.2. The van der Waals surface area contributed by atoms with Crippen LogP contribution in [-0.4, -0.2) is 36.7 Å². The molecule has 0 unspecified atom stereocenters. The zero-order chi connectivity index (χ0) is 18.4. The summed E-state index contributed by atoms with van der Waals surface area (Å²) in [5, 5.41) is 29.0. The highest BCUT2D eigenvalue weighted by Crippen LogP contribution is 2.34. The number of fused-ring (bicyclic) bond motifs is 1. The molecule has 2 heterocycles. The van der Waals surface area contributed by atoms with Crippen LogP contribution in [0.4, 0.5) is 13.2 Å². The standard InChI is InChI=1S/C15H14F3N3O4/c16-15(17,18)14-19-10-1-2-21(5-8(10)13(25)20-14)6-9-11(23)3-7(22)4-12(9)24/h3-4,22-24H,1-2,5-6H2,(H,19,20,25). The molecule has 0 amide bonds. The molecule has 134 valence electrons. The van der Waals surface area contributed by atoms with Crippen LogP contribution in [0.1, 0.15) is 22.6 Å². The van der Waals surface area contributed by atoms with Crippen molar-refractivity contribution in [2.75, 3.05) is 6.54 Å². The third-order valence-electron chi connectivity index (χ3n) is 3.99.